The number of hydrogen-bond acceptors (Lipinski definition) is 6. The highest BCUT2D eigenvalue weighted by Gasteiger charge is 2.27. The molecule has 2 heterocycles. The van der Waals surface area contributed by atoms with Gasteiger partial charge in [-0.15, -0.1) is 0 Å². The quantitative estimate of drug-likeness (QED) is 0.251. The summed E-state index contributed by atoms with van der Waals surface area (Å²) >= 11 is 0. The first-order valence-electron chi connectivity index (χ1n) is 10.7. The number of hydrogen-bond donors (Lipinski definition) is 0. The predicted molar refractivity (Wildman–Crippen MR) is 124 cm³/mol. The molecule has 0 atom stereocenters. The van der Waals surface area contributed by atoms with Gasteiger partial charge in [-0.05, 0) is 63.1 Å². The molecule has 7 nitrogen and oxygen atoms in total. The predicted octanol–water partition coefficient (Wildman–Crippen LogP) is 5.55. The molecule has 4 rings (SSSR count). The van der Waals surface area contributed by atoms with Crippen molar-refractivity contribution in [3.8, 4) is 17.2 Å². The molecule has 0 saturated carbocycles. The van der Waals surface area contributed by atoms with E-state index in [4.69, 9.17) is 18.5 Å². The van der Waals surface area contributed by atoms with E-state index in [9.17, 15) is 9.36 Å². The van der Waals surface area contributed by atoms with E-state index in [-0.39, 0.29) is 5.78 Å². The van der Waals surface area contributed by atoms with Crippen molar-refractivity contribution in [1.82, 2.24) is 4.57 Å². The van der Waals surface area contributed by atoms with Crippen LogP contribution in [0.1, 0.15) is 35.8 Å². The van der Waals surface area contributed by atoms with E-state index in [2.05, 4.69) is 4.57 Å². The van der Waals surface area contributed by atoms with Crippen molar-refractivity contribution in [3.63, 3.8) is 0 Å². The third kappa shape index (κ3) is 4.60. The van der Waals surface area contributed by atoms with Crippen LogP contribution in [0.2, 0.25) is 0 Å². The molecule has 1 fully saturated rings. The van der Waals surface area contributed by atoms with Gasteiger partial charge in [-0.1, -0.05) is 0 Å². The highest BCUT2D eigenvalue weighted by Crippen LogP contribution is 2.50. The third-order valence-electron chi connectivity index (χ3n) is 5.57. The van der Waals surface area contributed by atoms with Gasteiger partial charge in [0.2, 0.25) is 0 Å². The van der Waals surface area contributed by atoms with Gasteiger partial charge in [-0.25, -0.2) is 0 Å². The number of ether oxygens (including phenoxy) is 2. The smallest absolute Gasteiger partial charge is 0.330 e. The minimum absolute atomic E-state index is 0.0290. The van der Waals surface area contributed by atoms with Crippen LogP contribution in [0.3, 0.4) is 0 Å². The van der Waals surface area contributed by atoms with Crippen LogP contribution in [-0.4, -0.2) is 43.4 Å². The molecule has 8 heteroatoms. The largest absolute Gasteiger partial charge is 0.497 e. The molecule has 0 aliphatic carbocycles. The van der Waals surface area contributed by atoms with Gasteiger partial charge in [0, 0.05) is 28.4 Å². The van der Waals surface area contributed by atoms with Crippen LogP contribution in [0.4, 0.5) is 0 Å². The molecule has 0 unspecified atom stereocenters. The Morgan fingerprint density at radius 2 is 1.78 bits per heavy atom. The van der Waals surface area contributed by atoms with Crippen LogP contribution < -0.4 is 9.47 Å². The van der Waals surface area contributed by atoms with Crippen molar-refractivity contribution in [3.05, 3.63) is 53.7 Å². The number of fused-ring (bicyclic) bond motifs is 1. The lowest BCUT2D eigenvalue weighted by atomic mass is 10.1. The molecule has 0 amide bonds. The van der Waals surface area contributed by atoms with Crippen molar-refractivity contribution >= 4 is 24.3 Å². The minimum atomic E-state index is -2.95. The number of carbonyl (C=O) groups is 1. The zero-order chi connectivity index (χ0) is 22.7. The Morgan fingerprint density at radius 3 is 2.44 bits per heavy atom. The normalized spacial score (nSPS) is 15.6. The first-order valence-corrected chi connectivity index (χ1v) is 12.5. The van der Waals surface area contributed by atoms with Gasteiger partial charge in [-0.3, -0.25) is 9.36 Å². The standard InChI is InChI=1S/C24H28NO6P/c1-17-24(18(2)26)22-11-10-21(28-3)16-23(22)25(17)19-6-8-20(9-7-19)29-12-5-15-32(27)30-13-4-14-31-32/h6-11,16H,4-5,12-15H2,1-3H3. The van der Waals surface area contributed by atoms with E-state index in [0.29, 0.717) is 38.0 Å². The second-order valence-electron chi connectivity index (χ2n) is 7.79. The summed E-state index contributed by atoms with van der Waals surface area (Å²) in [4.78, 5) is 12.3. The summed E-state index contributed by atoms with van der Waals surface area (Å²) < 4.78 is 36.2. The summed E-state index contributed by atoms with van der Waals surface area (Å²) in [7, 11) is -1.32. The van der Waals surface area contributed by atoms with Crippen LogP contribution in [-0.2, 0) is 13.6 Å². The Kier molecular flexibility index (Phi) is 6.70. The summed E-state index contributed by atoms with van der Waals surface area (Å²) in [5, 5.41) is 0.901. The number of ketones is 1. The maximum absolute atomic E-state index is 12.3. The van der Waals surface area contributed by atoms with Gasteiger partial charge in [0.1, 0.15) is 11.5 Å². The summed E-state index contributed by atoms with van der Waals surface area (Å²) in [5.41, 5.74) is 3.43. The Hall–Kier alpha value is -2.60. The van der Waals surface area contributed by atoms with Gasteiger partial charge in [0.15, 0.2) is 5.78 Å². The fourth-order valence-electron chi connectivity index (χ4n) is 4.07. The van der Waals surface area contributed by atoms with Gasteiger partial charge >= 0.3 is 7.60 Å². The highest BCUT2D eigenvalue weighted by molar-refractivity contribution is 7.53. The van der Waals surface area contributed by atoms with E-state index in [1.165, 1.54) is 0 Å². The van der Waals surface area contributed by atoms with Gasteiger partial charge in [0.25, 0.3) is 0 Å². The Balaban J connectivity index is 1.51. The van der Waals surface area contributed by atoms with Crippen LogP contribution in [0, 0.1) is 6.92 Å². The van der Waals surface area contributed by atoms with Crippen LogP contribution >= 0.6 is 7.60 Å². The number of rotatable bonds is 8. The molecule has 1 saturated heterocycles. The lowest BCUT2D eigenvalue weighted by molar-refractivity contribution is 0.101. The molecule has 0 bridgehead atoms. The maximum Gasteiger partial charge on any atom is 0.330 e. The van der Waals surface area contributed by atoms with Crippen molar-refractivity contribution < 1.29 is 27.9 Å². The zero-order valence-electron chi connectivity index (χ0n) is 18.6. The van der Waals surface area contributed by atoms with E-state index in [1.54, 1.807) is 14.0 Å². The van der Waals surface area contributed by atoms with E-state index >= 15 is 0 Å². The summed E-state index contributed by atoms with van der Waals surface area (Å²) in [6.07, 6.45) is 1.72. The minimum Gasteiger partial charge on any atom is -0.497 e. The van der Waals surface area contributed by atoms with Crippen LogP contribution in [0.15, 0.2) is 42.5 Å². The molecule has 1 aromatic heterocycles. The molecule has 0 radical (unpaired) electrons. The first-order chi connectivity index (χ1) is 15.4. The van der Waals surface area contributed by atoms with Crippen molar-refractivity contribution in [2.75, 3.05) is 33.1 Å². The molecule has 0 spiro atoms. The maximum atomic E-state index is 12.3. The van der Waals surface area contributed by atoms with Crippen molar-refractivity contribution in [2.24, 2.45) is 0 Å². The molecule has 32 heavy (non-hydrogen) atoms. The topological polar surface area (TPSA) is 76.0 Å². The van der Waals surface area contributed by atoms with Crippen LogP contribution in [0.5, 0.6) is 11.5 Å². The zero-order valence-corrected chi connectivity index (χ0v) is 19.5. The summed E-state index contributed by atoms with van der Waals surface area (Å²) in [6.45, 7) is 4.94. The summed E-state index contributed by atoms with van der Waals surface area (Å²) in [5.74, 6) is 1.48. The van der Waals surface area contributed by atoms with Gasteiger partial charge in [-0.2, -0.15) is 0 Å². The Morgan fingerprint density at radius 1 is 1.09 bits per heavy atom. The first kappa shape index (κ1) is 22.6. The van der Waals surface area contributed by atoms with Crippen molar-refractivity contribution in [2.45, 2.75) is 26.7 Å². The molecule has 3 aromatic rings. The molecule has 1 aliphatic heterocycles. The second kappa shape index (κ2) is 9.49. The number of benzene rings is 2. The van der Waals surface area contributed by atoms with Crippen molar-refractivity contribution in [1.29, 1.82) is 0 Å². The number of aromatic nitrogens is 1. The molecular formula is C24H28NO6P. The number of methoxy groups -OCH3 is 1. The fourth-order valence-corrected chi connectivity index (χ4v) is 5.74. The van der Waals surface area contributed by atoms with Gasteiger partial charge in [0.05, 0.1) is 38.6 Å². The Bertz CT molecular complexity index is 1160. The number of nitrogens with zero attached hydrogens (tertiary/aromatic N) is 1. The van der Waals surface area contributed by atoms with E-state index < -0.39 is 7.60 Å². The number of carbonyl (C=O) groups excluding carboxylic acids is 1. The number of Topliss-reactive ketones (excluding diaryl/α,β-unsaturated/α-hetero) is 1. The molecule has 0 N–H and O–H groups in total. The lowest BCUT2D eigenvalue weighted by Crippen LogP contribution is -2.12. The molecule has 2 aromatic carbocycles. The molecule has 1 aliphatic rings. The van der Waals surface area contributed by atoms with E-state index in [0.717, 1.165) is 40.2 Å². The molecular weight excluding hydrogens is 429 g/mol. The second-order valence-corrected chi connectivity index (χ2v) is 9.97. The lowest BCUT2D eigenvalue weighted by Gasteiger charge is -2.22. The molecule has 170 valence electrons. The average Bonchev–Trinajstić information content (AvgIpc) is 3.08. The summed E-state index contributed by atoms with van der Waals surface area (Å²) in [6, 6.07) is 13.4. The Labute approximate surface area is 187 Å². The third-order valence-corrected chi connectivity index (χ3v) is 7.58. The average molecular weight is 457 g/mol. The highest BCUT2D eigenvalue weighted by atomic mass is 31.2. The van der Waals surface area contributed by atoms with Gasteiger partial charge < -0.3 is 23.1 Å². The van der Waals surface area contributed by atoms with E-state index in [1.807, 2.05) is 49.4 Å². The van der Waals surface area contributed by atoms with Crippen LogP contribution in [0.25, 0.3) is 16.6 Å². The monoisotopic (exact) mass is 457 g/mol. The SMILES string of the molecule is COc1ccc2c(C(C)=O)c(C)n(-c3ccc(OCCCP4(=O)OCCCO4)cc3)c2c1. The fraction of sp³-hybridized carbons (Fsp3) is 0.375.